The van der Waals surface area contributed by atoms with Crippen LogP contribution in [0.2, 0.25) is 0 Å². The van der Waals surface area contributed by atoms with E-state index in [1.807, 2.05) is 19.2 Å². The van der Waals surface area contributed by atoms with Gasteiger partial charge in [0.1, 0.15) is 5.75 Å². The summed E-state index contributed by atoms with van der Waals surface area (Å²) >= 11 is 0. The molecule has 0 radical (unpaired) electrons. The van der Waals surface area contributed by atoms with Crippen LogP contribution in [0.4, 0.5) is 5.69 Å². The number of rotatable bonds is 4. The molecule has 1 aliphatic rings. The lowest BCUT2D eigenvalue weighted by atomic mass is 9.75. The van der Waals surface area contributed by atoms with Crippen LogP contribution < -0.4 is 10.2 Å². The van der Waals surface area contributed by atoms with E-state index in [9.17, 15) is 5.11 Å². The first-order valence-electron chi connectivity index (χ1n) is 8.07. The first-order chi connectivity index (χ1) is 9.84. The lowest BCUT2D eigenvalue weighted by Crippen LogP contribution is -2.37. The molecule has 1 aliphatic carbocycles. The number of hydrogen-bond donors (Lipinski definition) is 2. The summed E-state index contributed by atoms with van der Waals surface area (Å²) in [6.45, 7) is 6.79. The van der Waals surface area contributed by atoms with E-state index in [1.165, 1.54) is 25.7 Å². The number of benzene rings is 1. The van der Waals surface area contributed by atoms with Gasteiger partial charge in [-0.25, -0.2) is 0 Å². The number of phenols is 1. The minimum Gasteiger partial charge on any atom is -0.508 e. The second-order valence-corrected chi connectivity index (χ2v) is 7.26. The highest BCUT2D eigenvalue weighted by molar-refractivity contribution is 5.54. The molecule has 21 heavy (non-hydrogen) atoms. The van der Waals surface area contributed by atoms with E-state index in [1.54, 1.807) is 0 Å². The lowest BCUT2D eigenvalue weighted by Gasteiger charge is -2.39. The van der Waals surface area contributed by atoms with Crippen molar-refractivity contribution in [2.24, 2.45) is 5.41 Å². The Hall–Kier alpha value is -1.22. The molecule has 2 N–H and O–H groups in total. The fraction of sp³-hybridized carbons (Fsp3) is 0.667. The van der Waals surface area contributed by atoms with E-state index in [4.69, 9.17) is 0 Å². The number of nitrogens with one attached hydrogen (secondary N) is 1. The van der Waals surface area contributed by atoms with Crippen LogP contribution in [-0.2, 0) is 0 Å². The van der Waals surface area contributed by atoms with Crippen LogP contribution in [0.15, 0.2) is 18.2 Å². The van der Waals surface area contributed by atoms with Gasteiger partial charge in [-0.2, -0.15) is 0 Å². The summed E-state index contributed by atoms with van der Waals surface area (Å²) in [5.74, 6) is 0.386. The largest absolute Gasteiger partial charge is 0.508 e. The van der Waals surface area contributed by atoms with Gasteiger partial charge in [-0.05, 0) is 51.1 Å². The van der Waals surface area contributed by atoms with Gasteiger partial charge in [-0.3, -0.25) is 0 Å². The van der Waals surface area contributed by atoms with Crippen molar-refractivity contribution in [2.75, 3.05) is 19.0 Å². The van der Waals surface area contributed by atoms with Crippen LogP contribution in [0.1, 0.15) is 58.1 Å². The van der Waals surface area contributed by atoms with E-state index in [0.29, 0.717) is 17.2 Å². The van der Waals surface area contributed by atoms with Gasteiger partial charge in [0.05, 0.1) is 0 Å². The summed E-state index contributed by atoms with van der Waals surface area (Å²) in [5, 5.41) is 13.4. The third kappa shape index (κ3) is 3.70. The number of anilines is 1. The Morgan fingerprint density at radius 2 is 1.90 bits per heavy atom. The van der Waals surface area contributed by atoms with Gasteiger partial charge in [0.15, 0.2) is 0 Å². The molecule has 3 heteroatoms. The summed E-state index contributed by atoms with van der Waals surface area (Å²) in [7, 11) is 4.06. The molecule has 0 aliphatic heterocycles. The maximum Gasteiger partial charge on any atom is 0.122 e. The van der Waals surface area contributed by atoms with E-state index in [2.05, 4.69) is 44.1 Å². The Morgan fingerprint density at radius 3 is 2.43 bits per heavy atom. The second-order valence-electron chi connectivity index (χ2n) is 7.26. The van der Waals surface area contributed by atoms with E-state index in [0.717, 1.165) is 11.3 Å². The first-order valence-corrected chi connectivity index (χ1v) is 8.07. The van der Waals surface area contributed by atoms with Gasteiger partial charge in [0, 0.05) is 36.4 Å². The SMILES string of the molecule is CNC(C)c1ccc(N(C)C2CCC(C)(C)CC2)cc1O. The summed E-state index contributed by atoms with van der Waals surface area (Å²) in [5.41, 5.74) is 2.56. The third-order valence-corrected chi connectivity index (χ3v) is 5.18. The zero-order chi connectivity index (χ0) is 15.6. The Morgan fingerprint density at radius 1 is 1.29 bits per heavy atom. The third-order valence-electron chi connectivity index (χ3n) is 5.18. The molecule has 0 aromatic heterocycles. The number of nitrogens with zero attached hydrogens (tertiary/aromatic N) is 1. The standard InChI is InChI=1S/C18H30N2O/c1-13(19-4)16-7-6-15(12-17(16)21)20(5)14-8-10-18(2,3)11-9-14/h6-7,12-14,19,21H,8-11H2,1-5H3. The van der Waals surface area contributed by atoms with E-state index in [-0.39, 0.29) is 6.04 Å². The molecule has 1 aromatic rings. The quantitative estimate of drug-likeness (QED) is 0.877. The fourth-order valence-electron chi connectivity index (χ4n) is 3.26. The van der Waals surface area contributed by atoms with E-state index >= 15 is 0 Å². The summed E-state index contributed by atoms with van der Waals surface area (Å²) in [6.07, 6.45) is 5.03. The highest BCUT2D eigenvalue weighted by Gasteiger charge is 2.29. The molecule has 1 saturated carbocycles. The van der Waals surface area contributed by atoms with Crippen LogP contribution in [0.25, 0.3) is 0 Å². The van der Waals surface area contributed by atoms with Crippen molar-refractivity contribution in [3.63, 3.8) is 0 Å². The molecule has 1 aromatic carbocycles. The molecule has 0 saturated heterocycles. The maximum atomic E-state index is 10.3. The van der Waals surface area contributed by atoms with Gasteiger partial charge in [0.2, 0.25) is 0 Å². The molecule has 3 nitrogen and oxygen atoms in total. The van der Waals surface area contributed by atoms with Gasteiger partial charge in [-0.1, -0.05) is 19.9 Å². The summed E-state index contributed by atoms with van der Waals surface area (Å²) < 4.78 is 0. The second kappa shape index (κ2) is 6.27. The number of hydrogen-bond acceptors (Lipinski definition) is 3. The van der Waals surface area contributed by atoms with Crippen molar-refractivity contribution in [3.05, 3.63) is 23.8 Å². The molecular weight excluding hydrogens is 260 g/mol. The smallest absolute Gasteiger partial charge is 0.122 e. The van der Waals surface area contributed by atoms with Crippen LogP contribution >= 0.6 is 0 Å². The van der Waals surface area contributed by atoms with Crippen LogP contribution in [0, 0.1) is 5.41 Å². The Kier molecular flexibility index (Phi) is 4.82. The minimum atomic E-state index is 0.167. The van der Waals surface area contributed by atoms with Crippen molar-refractivity contribution in [1.82, 2.24) is 5.32 Å². The van der Waals surface area contributed by atoms with Gasteiger partial charge >= 0.3 is 0 Å². The molecular formula is C18H30N2O. The summed E-state index contributed by atoms with van der Waals surface area (Å²) in [4.78, 5) is 2.34. The molecule has 0 bridgehead atoms. The van der Waals surface area contributed by atoms with Crippen molar-refractivity contribution < 1.29 is 5.11 Å². The Bertz CT molecular complexity index is 474. The Balaban J connectivity index is 2.10. The molecule has 118 valence electrons. The molecule has 0 spiro atoms. The lowest BCUT2D eigenvalue weighted by molar-refractivity contribution is 0.222. The molecule has 1 atom stereocenters. The zero-order valence-electron chi connectivity index (χ0n) is 14.1. The molecule has 0 heterocycles. The fourth-order valence-corrected chi connectivity index (χ4v) is 3.26. The number of phenolic OH excluding ortho intramolecular Hbond substituents is 1. The molecule has 1 fully saturated rings. The average molecular weight is 290 g/mol. The average Bonchev–Trinajstić information content (AvgIpc) is 2.45. The van der Waals surface area contributed by atoms with Crippen LogP contribution in [0.3, 0.4) is 0 Å². The van der Waals surface area contributed by atoms with E-state index < -0.39 is 0 Å². The monoisotopic (exact) mass is 290 g/mol. The maximum absolute atomic E-state index is 10.3. The Labute approximate surface area is 129 Å². The van der Waals surface area contributed by atoms with Crippen molar-refractivity contribution >= 4 is 5.69 Å². The molecule has 2 rings (SSSR count). The summed E-state index contributed by atoms with van der Waals surface area (Å²) in [6, 6.07) is 6.82. The zero-order valence-corrected chi connectivity index (χ0v) is 14.1. The van der Waals surface area contributed by atoms with Crippen molar-refractivity contribution in [3.8, 4) is 5.75 Å². The van der Waals surface area contributed by atoms with Crippen LogP contribution in [-0.4, -0.2) is 25.2 Å². The van der Waals surface area contributed by atoms with Crippen molar-refractivity contribution in [1.29, 1.82) is 0 Å². The van der Waals surface area contributed by atoms with Crippen LogP contribution in [0.5, 0.6) is 5.75 Å². The highest BCUT2D eigenvalue weighted by atomic mass is 16.3. The predicted molar refractivity (Wildman–Crippen MR) is 90.0 cm³/mol. The molecule has 1 unspecified atom stereocenters. The van der Waals surface area contributed by atoms with Crippen molar-refractivity contribution in [2.45, 2.75) is 58.5 Å². The minimum absolute atomic E-state index is 0.167. The normalized spacial score (nSPS) is 20.2. The van der Waals surface area contributed by atoms with Gasteiger partial charge in [0.25, 0.3) is 0 Å². The highest BCUT2D eigenvalue weighted by Crippen LogP contribution is 2.38. The predicted octanol–water partition coefficient (Wildman–Crippen LogP) is 4.08. The van der Waals surface area contributed by atoms with Gasteiger partial charge < -0.3 is 15.3 Å². The first kappa shape index (κ1) is 16.2. The topological polar surface area (TPSA) is 35.5 Å². The molecule has 0 amide bonds. The van der Waals surface area contributed by atoms with Gasteiger partial charge in [-0.15, -0.1) is 0 Å². The number of aromatic hydroxyl groups is 1.